The lowest BCUT2D eigenvalue weighted by atomic mass is 10.3. The van der Waals surface area contributed by atoms with Crippen molar-refractivity contribution in [2.24, 2.45) is 7.05 Å². The zero-order valence-electron chi connectivity index (χ0n) is 9.56. The summed E-state index contributed by atoms with van der Waals surface area (Å²) < 4.78 is 7.42. The van der Waals surface area contributed by atoms with Gasteiger partial charge in [0.15, 0.2) is 0 Å². The molecular formula is C12H14ClN3O. The molecule has 1 aromatic heterocycles. The highest BCUT2D eigenvalue weighted by Crippen LogP contribution is 2.26. The van der Waals surface area contributed by atoms with E-state index in [4.69, 9.17) is 22.1 Å². The summed E-state index contributed by atoms with van der Waals surface area (Å²) in [5, 5.41) is 4.63. The van der Waals surface area contributed by atoms with E-state index < -0.39 is 0 Å². The highest BCUT2D eigenvalue weighted by atomic mass is 35.5. The Kier molecular flexibility index (Phi) is 3.54. The Morgan fingerprint density at radius 1 is 1.41 bits per heavy atom. The number of hydrogen-bond acceptors (Lipinski definition) is 3. The lowest BCUT2D eigenvalue weighted by Gasteiger charge is -2.08. The molecule has 0 aliphatic heterocycles. The lowest BCUT2D eigenvalue weighted by molar-refractivity contribution is 0.318. The molecule has 0 saturated heterocycles. The molecular weight excluding hydrogens is 238 g/mol. The zero-order chi connectivity index (χ0) is 12.3. The number of anilines is 1. The minimum Gasteiger partial charge on any atom is -0.492 e. The number of halogens is 1. The molecule has 0 aliphatic rings. The van der Waals surface area contributed by atoms with E-state index in [2.05, 4.69) is 5.10 Å². The van der Waals surface area contributed by atoms with E-state index in [9.17, 15) is 0 Å². The zero-order valence-corrected chi connectivity index (χ0v) is 10.3. The van der Waals surface area contributed by atoms with Crippen LogP contribution in [-0.2, 0) is 13.5 Å². The minimum atomic E-state index is 0.537. The van der Waals surface area contributed by atoms with E-state index in [1.807, 2.05) is 17.8 Å². The molecule has 1 aromatic carbocycles. The molecule has 0 spiro atoms. The van der Waals surface area contributed by atoms with Crippen molar-refractivity contribution in [3.05, 3.63) is 41.2 Å². The predicted molar refractivity (Wildman–Crippen MR) is 68.3 cm³/mol. The van der Waals surface area contributed by atoms with Gasteiger partial charge >= 0.3 is 0 Å². The molecule has 0 radical (unpaired) electrons. The van der Waals surface area contributed by atoms with Gasteiger partial charge in [0.2, 0.25) is 0 Å². The van der Waals surface area contributed by atoms with Crippen molar-refractivity contribution in [1.29, 1.82) is 0 Å². The van der Waals surface area contributed by atoms with Gasteiger partial charge in [0.05, 0.1) is 11.6 Å². The van der Waals surface area contributed by atoms with Crippen LogP contribution < -0.4 is 10.5 Å². The van der Waals surface area contributed by atoms with Crippen LogP contribution in [-0.4, -0.2) is 16.4 Å². The number of hydrogen-bond donors (Lipinski definition) is 1. The fraction of sp³-hybridized carbons (Fsp3) is 0.250. The van der Waals surface area contributed by atoms with Crippen LogP contribution in [0.3, 0.4) is 0 Å². The third-order valence-corrected chi connectivity index (χ3v) is 2.79. The van der Waals surface area contributed by atoms with Gasteiger partial charge in [-0.25, -0.2) is 0 Å². The highest BCUT2D eigenvalue weighted by molar-refractivity contribution is 6.32. The number of aromatic nitrogens is 2. The second-order valence-corrected chi connectivity index (χ2v) is 4.14. The first-order chi connectivity index (χ1) is 8.16. The largest absolute Gasteiger partial charge is 0.492 e. The van der Waals surface area contributed by atoms with Crippen LogP contribution in [0.25, 0.3) is 0 Å². The maximum atomic E-state index is 6.00. The number of benzene rings is 1. The Morgan fingerprint density at radius 3 is 2.88 bits per heavy atom. The smallest absolute Gasteiger partial charge is 0.138 e. The van der Waals surface area contributed by atoms with Gasteiger partial charge in [-0.05, 0) is 24.3 Å². The number of ether oxygens (including phenoxy) is 1. The molecule has 2 N–H and O–H groups in total. The number of nitrogens with zero attached hydrogens (tertiary/aromatic N) is 2. The van der Waals surface area contributed by atoms with Gasteiger partial charge in [0.25, 0.3) is 0 Å². The van der Waals surface area contributed by atoms with E-state index in [0.717, 1.165) is 12.1 Å². The summed E-state index contributed by atoms with van der Waals surface area (Å²) >= 11 is 6.00. The monoisotopic (exact) mass is 251 g/mol. The van der Waals surface area contributed by atoms with Crippen LogP contribution in [0.15, 0.2) is 30.5 Å². The molecule has 0 aliphatic carbocycles. The topological polar surface area (TPSA) is 53.1 Å². The summed E-state index contributed by atoms with van der Waals surface area (Å²) in [4.78, 5) is 0. The second-order valence-electron chi connectivity index (χ2n) is 3.73. The SMILES string of the molecule is Cn1nccc1CCOc1ccc(N)cc1Cl. The fourth-order valence-corrected chi connectivity index (χ4v) is 1.79. The van der Waals surface area contributed by atoms with Crippen LogP contribution in [0, 0.1) is 0 Å². The first kappa shape index (κ1) is 11.8. The van der Waals surface area contributed by atoms with Crippen molar-refractivity contribution in [2.75, 3.05) is 12.3 Å². The van der Waals surface area contributed by atoms with Crippen molar-refractivity contribution in [1.82, 2.24) is 9.78 Å². The average molecular weight is 252 g/mol. The molecule has 0 unspecified atom stereocenters. The van der Waals surface area contributed by atoms with E-state index in [1.54, 1.807) is 24.4 Å². The lowest BCUT2D eigenvalue weighted by Crippen LogP contribution is -2.06. The van der Waals surface area contributed by atoms with E-state index in [1.165, 1.54) is 0 Å². The Hall–Kier alpha value is -1.68. The number of nitrogen functional groups attached to an aromatic ring is 1. The third-order valence-electron chi connectivity index (χ3n) is 2.49. The summed E-state index contributed by atoms with van der Waals surface area (Å²) in [6.07, 6.45) is 2.56. The Balaban J connectivity index is 1.92. The highest BCUT2D eigenvalue weighted by Gasteiger charge is 2.03. The number of rotatable bonds is 4. The summed E-state index contributed by atoms with van der Waals surface area (Å²) in [5.74, 6) is 0.656. The quantitative estimate of drug-likeness (QED) is 0.849. The van der Waals surface area contributed by atoms with Gasteiger partial charge in [0.1, 0.15) is 5.75 Å². The summed E-state index contributed by atoms with van der Waals surface area (Å²) in [6.45, 7) is 0.559. The first-order valence-corrected chi connectivity index (χ1v) is 5.69. The number of aryl methyl sites for hydroxylation is 1. The molecule has 1 heterocycles. The van der Waals surface area contributed by atoms with E-state index in [-0.39, 0.29) is 0 Å². The van der Waals surface area contributed by atoms with E-state index in [0.29, 0.717) is 23.1 Å². The van der Waals surface area contributed by atoms with Crippen LogP contribution in [0.2, 0.25) is 5.02 Å². The van der Waals surface area contributed by atoms with Crippen molar-refractivity contribution in [3.63, 3.8) is 0 Å². The molecule has 5 heteroatoms. The molecule has 2 rings (SSSR count). The summed E-state index contributed by atoms with van der Waals surface area (Å²) in [5.41, 5.74) is 7.36. The van der Waals surface area contributed by atoms with Gasteiger partial charge in [-0.2, -0.15) is 5.10 Å². The summed E-state index contributed by atoms with van der Waals surface area (Å²) in [7, 11) is 1.91. The molecule has 4 nitrogen and oxygen atoms in total. The molecule has 17 heavy (non-hydrogen) atoms. The predicted octanol–water partition coefficient (Wildman–Crippen LogP) is 2.28. The number of nitrogens with two attached hydrogens (primary N) is 1. The van der Waals surface area contributed by atoms with Gasteiger partial charge in [-0.15, -0.1) is 0 Å². The molecule has 0 atom stereocenters. The molecule has 0 saturated carbocycles. The standard InChI is InChI=1S/C12H14ClN3O/c1-16-10(4-6-15-16)5-7-17-12-3-2-9(14)8-11(12)13/h2-4,6,8H,5,7,14H2,1H3. The van der Waals surface area contributed by atoms with Gasteiger partial charge < -0.3 is 10.5 Å². The average Bonchev–Trinajstić information content (AvgIpc) is 2.68. The fourth-order valence-electron chi connectivity index (χ4n) is 1.55. The van der Waals surface area contributed by atoms with E-state index >= 15 is 0 Å². The van der Waals surface area contributed by atoms with Crippen molar-refractivity contribution in [2.45, 2.75) is 6.42 Å². The molecule has 0 fully saturated rings. The minimum absolute atomic E-state index is 0.537. The van der Waals surface area contributed by atoms with Crippen LogP contribution in [0.5, 0.6) is 5.75 Å². The molecule has 0 bridgehead atoms. The Bertz CT molecular complexity index is 510. The normalized spacial score (nSPS) is 10.5. The molecule has 2 aromatic rings. The van der Waals surface area contributed by atoms with Crippen LogP contribution >= 0.6 is 11.6 Å². The van der Waals surface area contributed by atoms with Crippen molar-refractivity contribution >= 4 is 17.3 Å². The van der Waals surface area contributed by atoms with Gasteiger partial charge in [-0.1, -0.05) is 11.6 Å². The van der Waals surface area contributed by atoms with Crippen molar-refractivity contribution < 1.29 is 4.74 Å². The maximum Gasteiger partial charge on any atom is 0.138 e. The Morgan fingerprint density at radius 2 is 2.24 bits per heavy atom. The Labute approximate surface area is 105 Å². The first-order valence-electron chi connectivity index (χ1n) is 5.31. The van der Waals surface area contributed by atoms with Crippen LogP contribution in [0.1, 0.15) is 5.69 Å². The summed E-state index contributed by atoms with van der Waals surface area (Å²) in [6, 6.07) is 7.20. The van der Waals surface area contributed by atoms with Crippen LogP contribution in [0.4, 0.5) is 5.69 Å². The van der Waals surface area contributed by atoms with Gasteiger partial charge in [-0.3, -0.25) is 4.68 Å². The maximum absolute atomic E-state index is 6.00. The molecule has 0 amide bonds. The molecule has 90 valence electrons. The second kappa shape index (κ2) is 5.10. The van der Waals surface area contributed by atoms with Gasteiger partial charge in [0, 0.05) is 31.0 Å². The van der Waals surface area contributed by atoms with Crippen molar-refractivity contribution in [3.8, 4) is 5.75 Å². The third kappa shape index (κ3) is 2.91.